The summed E-state index contributed by atoms with van der Waals surface area (Å²) in [4.78, 5) is 15.0. The van der Waals surface area contributed by atoms with Crippen molar-refractivity contribution in [1.29, 1.82) is 0 Å². The summed E-state index contributed by atoms with van der Waals surface area (Å²) in [6.45, 7) is 0.534. The lowest BCUT2D eigenvalue weighted by molar-refractivity contribution is -0.116. The number of carbonyl (C=O) groups is 1. The number of hydrogen-bond acceptors (Lipinski definition) is 3. The standard InChI is InChI=1S/C9H12N3O/c10-5-1-4-9(13)12-8-3-2-6-11-7-8/h3,6-7H,1,4-5,10H2,(H,12,13). The average Bonchev–Trinajstić information content (AvgIpc) is 2.16. The van der Waals surface area contributed by atoms with Gasteiger partial charge in [0, 0.05) is 18.7 Å². The van der Waals surface area contributed by atoms with Gasteiger partial charge in [-0.2, -0.15) is 0 Å². The normalized spacial score (nSPS) is 9.62. The van der Waals surface area contributed by atoms with Crippen LogP contribution in [-0.2, 0) is 4.79 Å². The Kier molecular flexibility index (Phi) is 3.92. The topological polar surface area (TPSA) is 68.0 Å². The zero-order valence-corrected chi connectivity index (χ0v) is 7.29. The van der Waals surface area contributed by atoms with Crippen molar-refractivity contribution in [3.8, 4) is 0 Å². The van der Waals surface area contributed by atoms with Crippen LogP contribution in [0.3, 0.4) is 0 Å². The average molecular weight is 178 g/mol. The fourth-order valence-corrected chi connectivity index (χ4v) is 0.879. The van der Waals surface area contributed by atoms with Gasteiger partial charge in [0.15, 0.2) is 0 Å². The molecule has 4 nitrogen and oxygen atoms in total. The van der Waals surface area contributed by atoms with Gasteiger partial charge in [-0.25, -0.2) is 0 Å². The maximum absolute atomic E-state index is 11.2. The lowest BCUT2D eigenvalue weighted by atomic mass is 10.3. The summed E-state index contributed by atoms with van der Waals surface area (Å²) in [6.07, 6.45) is 4.27. The van der Waals surface area contributed by atoms with Gasteiger partial charge >= 0.3 is 0 Å². The van der Waals surface area contributed by atoms with Crippen LogP contribution in [0.15, 0.2) is 18.5 Å². The van der Waals surface area contributed by atoms with Crippen molar-refractivity contribution in [3.05, 3.63) is 24.5 Å². The number of nitrogens with zero attached hydrogens (tertiary/aromatic N) is 1. The van der Waals surface area contributed by atoms with E-state index in [0.29, 0.717) is 25.1 Å². The van der Waals surface area contributed by atoms with E-state index in [0.717, 1.165) is 0 Å². The predicted molar refractivity (Wildman–Crippen MR) is 50.0 cm³/mol. The van der Waals surface area contributed by atoms with Gasteiger partial charge < -0.3 is 11.1 Å². The molecule has 0 atom stereocenters. The Labute approximate surface area is 77.2 Å². The van der Waals surface area contributed by atoms with Crippen LogP contribution in [0.4, 0.5) is 5.69 Å². The summed E-state index contributed by atoms with van der Waals surface area (Å²) in [5.74, 6) is -0.0353. The number of amides is 1. The molecular weight excluding hydrogens is 166 g/mol. The van der Waals surface area contributed by atoms with E-state index in [9.17, 15) is 4.79 Å². The molecule has 1 aromatic heterocycles. The summed E-state index contributed by atoms with van der Waals surface area (Å²) in [5, 5.41) is 2.69. The molecule has 1 amide bonds. The molecule has 69 valence electrons. The highest BCUT2D eigenvalue weighted by molar-refractivity contribution is 5.90. The van der Waals surface area contributed by atoms with E-state index >= 15 is 0 Å². The quantitative estimate of drug-likeness (QED) is 0.707. The van der Waals surface area contributed by atoms with E-state index in [1.165, 1.54) is 6.20 Å². The maximum Gasteiger partial charge on any atom is 0.224 e. The molecule has 0 spiro atoms. The molecule has 0 fully saturated rings. The zero-order valence-electron chi connectivity index (χ0n) is 7.29. The summed E-state index contributed by atoms with van der Waals surface area (Å²) in [5.41, 5.74) is 5.94. The van der Waals surface area contributed by atoms with E-state index in [2.05, 4.69) is 16.4 Å². The minimum atomic E-state index is -0.0353. The summed E-state index contributed by atoms with van der Waals surface area (Å²) in [6, 6.07) is 4.45. The van der Waals surface area contributed by atoms with Crippen molar-refractivity contribution >= 4 is 11.6 Å². The second kappa shape index (κ2) is 5.27. The first-order valence-electron chi connectivity index (χ1n) is 4.14. The van der Waals surface area contributed by atoms with Crippen LogP contribution in [0.25, 0.3) is 0 Å². The molecule has 1 heterocycles. The van der Waals surface area contributed by atoms with Crippen LogP contribution in [0.1, 0.15) is 12.8 Å². The highest BCUT2D eigenvalue weighted by Gasteiger charge is 2.00. The van der Waals surface area contributed by atoms with E-state index in [-0.39, 0.29) is 5.91 Å². The van der Waals surface area contributed by atoms with Gasteiger partial charge in [-0.15, -0.1) is 0 Å². The number of rotatable bonds is 4. The molecule has 1 aromatic rings. The SMILES string of the molecule is NCCCC(=O)Nc1c[c]cnc1. The highest BCUT2D eigenvalue weighted by Crippen LogP contribution is 2.02. The molecule has 0 aliphatic rings. The monoisotopic (exact) mass is 178 g/mol. The molecule has 0 saturated carbocycles. The zero-order chi connectivity index (χ0) is 9.52. The molecule has 13 heavy (non-hydrogen) atoms. The van der Waals surface area contributed by atoms with Crippen LogP contribution in [0, 0.1) is 6.07 Å². The van der Waals surface area contributed by atoms with Crippen molar-refractivity contribution in [2.45, 2.75) is 12.8 Å². The first kappa shape index (κ1) is 9.67. The molecule has 1 radical (unpaired) electrons. The number of nitrogens with two attached hydrogens (primary N) is 1. The van der Waals surface area contributed by atoms with E-state index in [4.69, 9.17) is 5.73 Å². The third kappa shape index (κ3) is 3.66. The molecule has 4 heteroatoms. The molecule has 0 aliphatic heterocycles. The van der Waals surface area contributed by atoms with E-state index < -0.39 is 0 Å². The third-order valence-corrected chi connectivity index (χ3v) is 1.49. The Bertz CT molecular complexity index is 261. The first-order valence-corrected chi connectivity index (χ1v) is 4.14. The smallest absolute Gasteiger partial charge is 0.224 e. The molecule has 3 N–H and O–H groups in total. The molecule has 0 saturated heterocycles. The maximum atomic E-state index is 11.2. The Morgan fingerprint density at radius 1 is 1.69 bits per heavy atom. The number of nitrogens with one attached hydrogen (secondary N) is 1. The van der Waals surface area contributed by atoms with Crippen molar-refractivity contribution < 1.29 is 4.79 Å². The summed E-state index contributed by atoms with van der Waals surface area (Å²) >= 11 is 0. The second-order valence-electron chi connectivity index (χ2n) is 2.61. The van der Waals surface area contributed by atoms with Crippen LogP contribution >= 0.6 is 0 Å². The van der Waals surface area contributed by atoms with Crippen molar-refractivity contribution in [1.82, 2.24) is 4.98 Å². The van der Waals surface area contributed by atoms with Gasteiger partial charge in [0.25, 0.3) is 0 Å². The summed E-state index contributed by atoms with van der Waals surface area (Å²) < 4.78 is 0. The predicted octanol–water partition coefficient (Wildman–Crippen LogP) is 0.559. The van der Waals surface area contributed by atoms with Crippen LogP contribution in [0.2, 0.25) is 0 Å². The van der Waals surface area contributed by atoms with Crippen molar-refractivity contribution in [2.75, 3.05) is 11.9 Å². The molecule has 0 unspecified atom stereocenters. The number of carbonyl (C=O) groups excluding carboxylic acids is 1. The van der Waals surface area contributed by atoms with E-state index in [1.807, 2.05) is 0 Å². The van der Waals surface area contributed by atoms with E-state index in [1.54, 1.807) is 12.3 Å². The number of hydrogen-bond donors (Lipinski definition) is 2. The molecule has 0 aliphatic carbocycles. The second-order valence-corrected chi connectivity index (χ2v) is 2.61. The summed E-state index contributed by atoms with van der Waals surface area (Å²) in [7, 11) is 0. The number of anilines is 1. The minimum absolute atomic E-state index is 0.0353. The number of aromatic nitrogens is 1. The molecule has 0 aromatic carbocycles. The Hall–Kier alpha value is -1.42. The van der Waals surface area contributed by atoms with Gasteiger partial charge in [-0.3, -0.25) is 9.78 Å². The Morgan fingerprint density at radius 2 is 2.54 bits per heavy atom. The largest absolute Gasteiger partial charge is 0.330 e. The first-order chi connectivity index (χ1) is 6.33. The lowest BCUT2D eigenvalue weighted by Gasteiger charge is -2.02. The van der Waals surface area contributed by atoms with Gasteiger partial charge in [0.1, 0.15) is 0 Å². The van der Waals surface area contributed by atoms with Crippen molar-refractivity contribution in [3.63, 3.8) is 0 Å². The lowest BCUT2D eigenvalue weighted by Crippen LogP contribution is -2.13. The molecule has 1 rings (SSSR count). The van der Waals surface area contributed by atoms with Crippen LogP contribution in [0.5, 0.6) is 0 Å². The van der Waals surface area contributed by atoms with Crippen LogP contribution < -0.4 is 11.1 Å². The Balaban J connectivity index is 2.37. The van der Waals surface area contributed by atoms with Crippen molar-refractivity contribution in [2.24, 2.45) is 5.73 Å². The molecule has 0 bridgehead atoms. The number of pyridine rings is 1. The highest BCUT2D eigenvalue weighted by atomic mass is 16.1. The van der Waals surface area contributed by atoms with Crippen LogP contribution in [-0.4, -0.2) is 17.4 Å². The third-order valence-electron chi connectivity index (χ3n) is 1.49. The van der Waals surface area contributed by atoms with Gasteiger partial charge in [-0.1, -0.05) is 0 Å². The fraction of sp³-hybridized carbons (Fsp3) is 0.333. The Morgan fingerprint density at radius 3 is 3.15 bits per heavy atom. The minimum Gasteiger partial charge on any atom is -0.330 e. The van der Waals surface area contributed by atoms with Gasteiger partial charge in [0.2, 0.25) is 5.91 Å². The van der Waals surface area contributed by atoms with Gasteiger partial charge in [0.05, 0.1) is 11.9 Å². The van der Waals surface area contributed by atoms with Gasteiger partial charge in [-0.05, 0) is 19.0 Å². The molecular formula is C9H12N3O. The fourth-order valence-electron chi connectivity index (χ4n) is 0.879.